The van der Waals surface area contributed by atoms with Crippen molar-refractivity contribution in [3.8, 4) is 0 Å². The summed E-state index contributed by atoms with van der Waals surface area (Å²) < 4.78 is 0. The van der Waals surface area contributed by atoms with Gasteiger partial charge in [-0.3, -0.25) is 4.90 Å². The summed E-state index contributed by atoms with van der Waals surface area (Å²) in [4.78, 5) is 2.66. The Balaban J connectivity index is 2.22. The van der Waals surface area contributed by atoms with Crippen LogP contribution in [0.4, 0.5) is 0 Å². The first-order valence-electron chi connectivity index (χ1n) is 7.18. The lowest BCUT2D eigenvalue weighted by molar-refractivity contribution is 0.235. The molecule has 0 saturated carbocycles. The van der Waals surface area contributed by atoms with Crippen LogP contribution in [0.3, 0.4) is 0 Å². The topological polar surface area (TPSA) is 15.3 Å². The van der Waals surface area contributed by atoms with Crippen molar-refractivity contribution in [3.63, 3.8) is 0 Å². The molecule has 1 heterocycles. The van der Waals surface area contributed by atoms with Gasteiger partial charge in [0.05, 0.1) is 0 Å². The Morgan fingerprint density at radius 2 is 1.94 bits per heavy atom. The first kappa shape index (κ1) is 14.0. The molecule has 0 amide bonds. The van der Waals surface area contributed by atoms with Crippen LogP contribution < -0.4 is 5.32 Å². The van der Waals surface area contributed by atoms with Crippen LogP contribution in [-0.2, 0) is 0 Å². The highest BCUT2D eigenvalue weighted by Gasteiger charge is 2.24. The molecule has 0 aromatic rings. The molecule has 1 aliphatic heterocycles. The molecule has 2 nitrogen and oxygen atoms in total. The number of hydrogen-bond acceptors (Lipinski definition) is 2. The summed E-state index contributed by atoms with van der Waals surface area (Å²) in [7, 11) is 0. The average molecular weight is 226 g/mol. The van der Waals surface area contributed by atoms with Gasteiger partial charge in [0.25, 0.3) is 0 Å². The Morgan fingerprint density at radius 1 is 1.25 bits per heavy atom. The van der Waals surface area contributed by atoms with Crippen molar-refractivity contribution >= 4 is 0 Å². The molecule has 16 heavy (non-hydrogen) atoms. The van der Waals surface area contributed by atoms with Crippen LogP contribution in [0.5, 0.6) is 0 Å². The fourth-order valence-corrected chi connectivity index (χ4v) is 2.64. The van der Waals surface area contributed by atoms with Gasteiger partial charge in [-0.2, -0.15) is 0 Å². The fraction of sp³-hybridized carbons (Fsp3) is 1.00. The molecule has 0 bridgehead atoms. The van der Waals surface area contributed by atoms with Crippen molar-refractivity contribution in [2.45, 2.75) is 65.5 Å². The smallest absolute Gasteiger partial charge is 0.0192 e. The van der Waals surface area contributed by atoms with Gasteiger partial charge in [0.15, 0.2) is 0 Å². The minimum atomic E-state index is 0.706. The summed E-state index contributed by atoms with van der Waals surface area (Å²) in [5.41, 5.74) is 0. The highest BCUT2D eigenvalue weighted by molar-refractivity contribution is 4.80. The lowest BCUT2D eigenvalue weighted by Crippen LogP contribution is -2.42. The molecular weight excluding hydrogens is 196 g/mol. The maximum atomic E-state index is 3.69. The van der Waals surface area contributed by atoms with E-state index in [4.69, 9.17) is 0 Å². The van der Waals surface area contributed by atoms with E-state index in [9.17, 15) is 0 Å². The number of nitrogens with one attached hydrogen (secondary N) is 1. The summed E-state index contributed by atoms with van der Waals surface area (Å²) in [6.45, 7) is 13.0. The van der Waals surface area contributed by atoms with Crippen LogP contribution in [-0.4, -0.2) is 36.6 Å². The Morgan fingerprint density at radius 3 is 2.44 bits per heavy atom. The second kappa shape index (κ2) is 7.29. The van der Waals surface area contributed by atoms with Gasteiger partial charge in [0.2, 0.25) is 0 Å². The predicted molar refractivity (Wildman–Crippen MR) is 71.8 cm³/mol. The van der Waals surface area contributed by atoms with Crippen LogP contribution in [0, 0.1) is 5.92 Å². The molecule has 1 saturated heterocycles. The van der Waals surface area contributed by atoms with Crippen molar-refractivity contribution in [1.82, 2.24) is 10.2 Å². The number of rotatable bonds is 7. The van der Waals surface area contributed by atoms with Gasteiger partial charge in [-0.25, -0.2) is 0 Å². The molecule has 0 radical (unpaired) electrons. The van der Waals surface area contributed by atoms with Crippen molar-refractivity contribution in [2.75, 3.05) is 19.6 Å². The quantitative estimate of drug-likeness (QED) is 0.718. The summed E-state index contributed by atoms with van der Waals surface area (Å²) in [6, 6.07) is 1.42. The Bertz CT molecular complexity index is 178. The second-order valence-electron chi connectivity index (χ2n) is 5.33. The number of hydrogen-bond donors (Lipinski definition) is 1. The molecule has 1 N–H and O–H groups in total. The zero-order valence-corrected chi connectivity index (χ0v) is 11.6. The SMILES string of the molecule is CCC1CCN(C(C)CNC(CC)CC)C1. The minimum Gasteiger partial charge on any atom is -0.312 e. The van der Waals surface area contributed by atoms with E-state index < -0.39 is 0 Å². The molecule has 0 spiro atoms. The van der Waals surface area contributed by atoms with E-state index in [1.807, 2.05) is 0 Å². The summed E-state index contributed by atoms with van der Waals surface area (Å²) >= 11 is 0. The fourth-order valence-electron chi connectivity index (χ4n) is 2.64. The molecule has 0 aliphatic carbocycles. The number of likely N-dealkylation sites (tertiary alicyclic amines) is 1. The Kier molecular flexibility index (Phi) is 6.37. The third kappa shape index (κ3) is 4.06. The van der Waals surface area contributed by atoms with Gasteiger partial charge in [0.1, 0.15) is 0 Å². The molecule has 1 fully saturated rings. The zero-order chi connectivity index (χ0) is 12.0. The van der Waals surface area contributed by atoms with Crippen LogP contribution in [0.1, 0.15) is 53.4 Å². The van der Waals surface area contributed by atoms with Crippen molar-refractivity contribution in [3.05, 3.63) is 0 Å². The van der Waals surface area contributed by atoms with E-state index in [2.05, 4.69) is 37.9 Å². The van der Waals surface area contributed by atoms with Crippen LogP contribution in [0.2, 0.25) is 0 Å². The molecule has 2 heteroatoms. The lowest BCUT2D eigenvalue weighted by atomic mass is 10.1. The van der Waals surface area contributed by atoms with E-state index >= 15 is 0 Å². The van der Waals surface area contributed by atoms with E-state index in [1.165, 1.54) is 38.8 Å². The standard InChI is InChI=1S/C14H30N2/c1-5-13-8-9-16(11-13)12(4)10-15-14(6-2)7-3/h12-15H,5-11H2,1-4H3. The van der Waals surface area contributed by atoms with E-state index in [0.29, 0.717) is 12.1 Å². The molecular formula is C14H30N2. The van der Waals surface area contributed by atoms with Gasteiger partial charge in [-0.1, -0.05) is 27.2 Å². The zero-order valence-electron chi connectivity index (χ0n) is 11.6. The molecule has 0 aromatic heterocycles. The predicted octanol–water partition coefficient (Wildman–Crippen LogP) is 2.89. The normalized spacial score (nSPS) is 24.2. The Labute approximate surface area is 102 Å². The van der Waals surface area contributed by atoms with E-state index in [-0.39, 0.29) is 0 Å². The maximum absolute atomic E-state index is 3.69. The van der Waals surface area contributed by atoms with Gasteiger partial charge in [0, 0.05) is 25.2 Å². The van der Waals surface area contributed by atoms with Crippen LogP contribution in [0.25, 0.3) is 0 Å². The third-order valence-corrected chi connectivity index (χ3v) is 4.21. The number of nitrogens with zero attached hydrogens (tertiary/aromatic N) is 1. The monoisotopic (exact) mass is 226 g/mol. The van der Waals surface area contributed by atoms with Crippen molar-refractivity contribution in [2.24, 2.45) is 5.92 Å². The van der Waals surface area contributed by atoms with E-state index in [0.717, 1.165) is 12.5 Å². The van der Waals surface area contributed by atoms with Crippen molar-refractivity contribution < 1.29 is 0 Å². The second-order valence-corrected chi connectivity index (χ2v) is 5.33. The van der Waals surface area contributed by atoms with Gasteiger partial charge < -0.3 is 5.32 Å². The highest BCUT2D eigenvalue weighted by Crippen LogP contribution is 2.20. The largest absolute Gasteiger partial charge is 0.312 e. The molecule has 1 aliphatic rings. The van der Waals surface area contributed by atoms with E-state index in [1.54, 1.807) is 0 Å². The Hall–Kier alpha value is -0.0800. The molecule has 2 atom stereocenters. The summed E-state index contributed by atoms with van der Waals surface area (Å²) in [5, 5.41) is 3.69. The average Bonchev–Trinajstić information content (AvgIpc) is 2.78. The molecule has 1 rings (SSSR count). The first-order chi connectivity index (χ1) is 7.71. The van der Waals surface area contributed by atoms with Crippen molar-refractivity contribution in [1.29, 1.82) is 0 Å². The first-order valence-corrected chi connectivity index (χ1v) is 7.18. The lowest BCUT2D eigenvalue weighted by Gasteiger charge is -2.26. The highest BCUT2D eigenvalue weighted by atomic mass is 15.2. The molecule has 0 aromatic carbocycles. The van der Waals surface area contributed by atoms with Gasteiger partial charge in [-0.15, -0.1) is 0 Å². The van der Waals surface area contributed by atoms with Crippen LogP contribution >= 0.6 is 0 Å². The third-order valence-electron chi connectivity index (χ3n) is 4.21. The van der Waals surface area contributed by atoms with Crippen LogP contribution in [0.15, 0.2) is 0 Å². The summed E-state index contributed by atoms with van der Waals surface area (Å²) in [5.74, 6) is 0.954. The minimum absolute atomic E-state index is 0.706. The van der Waals surface area contributed by atoms with Gasteiger partial charge in [-0.05, 0) is 38.6 Å². The molecule has 2 unspecified atom stereocenters. The molecule has 96 valence electrons. The summed E-state index contributed by atoms with van der Waals surface area (Å²) in [6.07, 6.45) is 5.26. The maximum Gasteiger partial charge on any atom is 0.0192 e. The van der Waals surface area contributed by atoms with Gasteiger partial charge >= 0.3 is 0 Å².